The van der Waals surface area contributed by atoms with Gasteiger partial charge in [0, 0.05) is 23.8 Å². The van der Waals surface area contributed by atoms with Crippen LogP contribution in [0.5, 0.6) is 0 Å². The van der Waals surface area contributed by atoms with Gasteiger partial charge in [0.05, 0.1) is 14.8 Å². The molecule has 0 aliphatic carbocycles. The number of hydrogen-bond donors (Lipinski definition) is 0. The van der Waals surface area contributed by atoms with Crippen molar-refractivity contribution in [1.82, 2.24) is 9.78 Å². The van der Waals surface area contributed by atoms with Crippen molar-refractivity contribution in [3.63, 3.8) is 0 Å². The molecule has 0 aliphatic rings. The fraction of sp³-hybridized carbons (Fsp3) is 0.333. The number of hydrogen-bond acceptors (Lipinski definition) is 2. The average Bonchev–Trinajstić information content (AvgIpc) is 2.63. The van der Waals surface area contributed by atoms with Crippen molar-refractivity contribution in [3.05, 3.63) is 38.6 Å². The van der Waals surface area contributed by atoms with E-state index in [-0.39, 0.29) is 5.54 Å². The lowest BCUT2D eigenvalue weighted by molar-refractivity contribution is 0.585. The second-order valence-corrected chi connectivity index (χ2v) is 7.12. The molecule has 0 radical (unpaired) electrons. The molecule has 0 saturated heterocycles. The minimum absolute atomic E-state index is 0.0895. The highest BCUT2D eigenvalue weighted by Crippen LogP contribution is 2.27. The van der Waals surface area contributed by atoms with Gasteiger partial charge in [0.15, 0.2) is 0 Å². The van der Waals surface area contributed by atoms with Crippen molar-refractivity contribution in [3.8, 4) is 11.3 Å². The van der Waals surface area contributed by atoms with E-state index in [4.69, 9.17) is 11.6 Å². The Kier molecular flexibility index (Phi) is 4.54. The number of benzene rings is 1. The zero-order valence-electron chi connectivity index (χ0n) is 12.0. The van der Waals surface area contributed by atoms with Crippen LogP contribution in [0.3, 0.4) is 0 Å². The Morgan fingerprint density at radius 2 is 1.85 bits per heavy atom. The predicted molar refractivity (Wildman–Crippen MR) is 93.7 cm³/mol. The summed E-state index contributed by atoms with van der Waals surface area (Å²) in [7, 11) is 1.94. The molecule has 0 unspecified atom stereocenters. The molecular weight excluding hydrogens is 385 g/mol. The number of aryl methyl sites for hydroxylation is 1. The number of halogens is 2. The summed E-state index contributed by atoms with van der Waals surface area (Å²) in [4.78, 5) is 4.56. The Hall–Kier alpha value is -0.880. The summed E-state index contributed by atoms with van der Waals surface area (Å²) in [6, 6.07) is 7.73. The first-order valence-corrected chi connectivity index (χ1v) is 7.77. The highest BCUT2D eigenvalue weighted by molar-refractivity contribution is 14.1. The molecule has 5 heteroatoms. The standard InChI is InChI=1S/C15H17ClIN3/c1-15(2,3)18-9-12-13(17)14(19-20(12)4)10-5-7-11(16)8-6-10/h5-9H,1-4H3. The highest BCUT2D eigenvalue weighted by atomic mass is 127. The van der Waals surface area contributed by atoms with Gasteiger partial charge in [-0.15, -0.1) is 0 Å². The SMILES string of the molecule is Cn1nc(-c2ccc(Cl)cc2)c(I)c1C=NC(C)(C)C. The molecule has 1 aromatic carbocycles. The van der Waals surface area contributed by atoms with Crippen LogP contribution in [0.25, 0.3) is 11.3 Å². The third-order valence-corrected chi connectivity index (χ3v) is 4.04. The molecule has 0 fully saturated rings. The van der Waals surface area contributed by atoms with Crippen LogP contribution >= 0.6 is 34.2 Å². The monoisotopic (exact) mass is 401 g/mol. The molecule has 3 nitrogen and oxygen atoms in total. The lowest BCUT2D eigenvalue weighted by Gasteiger charge is -2.10. The maximum absolute atomic E-state index is 5.93. The van der Waals surface area contributed by atoms with Crippen LogP contribution in [-0.4, -0.2) is 21.5 Å². The van der Waals surface area contributed by atoms with Gasteiger partial charge in [-0.2, -0.15) is 5.10 Å². The van der Waals surface area contributed by atoms with E-state index in [1.807, 2.05) is 42.2 Å². The molecule has 0 spiro atoms. The topological polar surface area (TPSA) is 30.2 Å². The smallest absolute Gasteiger partial charge is 0.106 e. The number of rotatable bonds is 2. The summed E-state index contributed by atoms with van der Waals surface area (Å²) >= 11 is 8.24. The molecule has 0 saturated carbocycles. The summed E-state index contributed by atoms with van der Waals surface area (Å²) in [6.45, 7) is 6.23. The second-order valence-electron chi connectivity index (χ2n) is 5.61. The van der Waals surface area contributed by atoms with Crippen molar-refractivity contribution in [2.24, 2.45) is 12.0 Å². The fourth-order valence-electron chi connectivity index (χ4n) is 1.70. The van der Waals surface area contributed by atoms with E-state index >= 15 is 0 Å². The van der Waals surface area contributed by atoms with Gasteiger partial charge in [0.2, 0.25) is 0 Å². The molecule has 2 rings (SSSR count). The normalized spacial score (nSPS) is 12.3. The molecule has 0 aliphatic heterocycles. The van der Waals surface area contributed by atoms with E-state index < -0.39 is 0 Å². The number of aromatic nitrogens is 2. The first-order chi connectivity index (χ1) is 9.28. The van der Waals surface area contributed by atoms with E-state index in [0.717, 1.165) is 25.5 Å². The summed E-state index contributed by atoms with van der Waals surface area (Å²) in [6.07, 6.45) is 1.90. The summed E-state index contributed by atoms with van der Waals surface area (Å²) < 4.78 is 2.96. The molecule has 0 amide bonds. The van der Waals surface area contributed by atoms with Gasteiger partial charge in [-0.05, 0) is 55.5 Å². The lowest BCUT2D eigenvalue weighted by atomic mass is 10.1. The highest BCUT2D eigenvalue weighted by Gasteiger charge is 2.15. The first-order valence-electron chi connectivity index (χ1n) is 6.31. The van der Waals surface area contributed by atoms with Gasteiger partial charge >= 0.3 is 0 Å². The van der Waals surface area contributed by atoms with Crippen molar-refractivity contribution in [2.75, 3.05) is 0 Å². The maximum Gasteiger partial charge on any atom is 0.106 e. The molecule has 20 heavy (non-hydrogen) atoms. The molecule has 2 aromatic rings. The van der Waals surface area contributed by atoms with Gasteiger partial charge in [0.1, 0.15) is 5.69 Å². The van der Waals surface area contributed by atoms with Gasteiger partial charge in [-0.3, -0.25) is 9.67 Å². The zero-order chi connectivity index (χ0) is 14.9. The van der Waals surface area contributed by atoms with E-state index in [1.54, 1.807) is 0 Å². The molecular formula is C15H17ClIN3. The third-order valence-electron chi connectivity index (χ3n) is 2.72. The Bertz CT molecular complexity index is 636. The quantitative estimate of drug-likeness (QED) is 0.536. The van der Waals surface area contributed by atoms with E-state index in [2.05, 4.69) is 53.5 Å². The third kappa shape index (κ3) is 3.61. The van der Waals surface area contributed by atoms with Crippen LogP contribution in [0.2, 0.25) is 5.02 Å². The number of aliphatic imine (C=N–C) groups is 1. The average molecular weight is 402 g/mol. The first kappa shape index (κ1) is 15.5. The predicted octanol–water partition coefficient (Wildman–Crippen LogP) is 4.56. The molecule has 106 valence electrons. The van der Waals surface area contributed by atoms with Crippen LogP contribution in [0.4, 0.5) is 0 Å². The minimum Gasteiger partial charge on any atom is -0.285 e. The van der Waals surface area contributed by atoms with E-state index in [0.29, 0.717) is 0 Å². The molecule has 0 N–H and O–H groups in total. The molecule has 1 heterocycles. The Morgan fingerprint density at radius 3 is 2.40 bits per heavy atom. The van der Waals surface area contributed by atoms with Crippen LogP contribution in [0, 0.1) is 3.57 Å². The van der Waals surface area contributed by atoms with Crippen LogP contribution in [0.1, 0.15) is 26.5 Å². The Labute approximate surface area is 138 Å². The lowest BCUT2D eigenvalue weighted by Crippen LogP contribution is -2.11. The van der Waals surface area contributed by atoms with Gasteiger partial charge in [0.25, 0.3) is 0 Å². The van der Waals surface area contributed by atoms with Crippen molar-refractivity contribution in [1.29, 1.82) is 0 Å². The minimum atomic E-state index is -0.0895. The molecule has 1 aromatic heterocycles. The zero-order valence-corrected chi connectivity index (χ0v) is 14.9. The largest absolute Gasteiger partial charge is 0.285 e. The van der Waals surface area contributed by atoms with Gasteiger partial charge in [-0.25, -0.2) is 0 Å². The van der Waals surface area contributed by atoms with Crippen LogP contribution < -0.4 is 0 Å². The van der Waals surface area contributed by atoms with Crippen molar-refractivity contribution < 1.29 is 0 Å². The molecule has 0 bridgehead atoms. The van der Waals surface area contributed by atoms with Crippen molar-refractivity contribution in [2.45, 2.75) is 26.3 Å². The summed E-state index contributed by atoms with van der Waals surface area (Å²) in [5.74, 6) is 0. The molecule has 0 atom stereocenters. The summed E-state index contributed by atoms with van der Waals surface area (Å²) in [5.41, 5.74) is 2.95. The second kappa shape index (κ2) is 5.85. The van der Waals surface area contributed by atoms with E-state index in [9.17, 15) is 0 Å². The van der Waals surface area contributed by atoms with Gasteiger partial charge in [-0.1, -0.05) is 23.7 Å². The van der Waals surface area contributed by atoms with Crippen molar-refractivity contribution >= 4 is 40.4 Å². The number of nitrogens with zero attached hydrogens (tertiary/aromatic N) is 3. The Balaban J connectivity index is 2.43. The van der Waals surface area contributed by atoms with E-state index in [1.165, 1.54) is 0 Å². The van der Waals surface area contributed by atoms with Gasteiger partial charge < -0.3 is 0 Å². The maximum atomic E-state index is 5.93. The van der Waals surface area contributed by atoms with Crippen LogP contribution in [0.15, 0.2) is 29.3 Å². The fourth-order valence-corrected chi connectivity index (χ4v) is 2.73. The summed E-state index contributed by atoms with van der Waals surface area (Å²) in [5, 5.41) is 5.32. The Morgan fingerprint density at radius 1 is 1.25 bits per heavy atom. The van der Waals surface area contributed by atoms with Crippen LogP contribution in [-0.2, 0) is 7.05 Å².